The standard InChI is InChI=1S/C13H27NO2/c1-11(12-5-7-16-9-12)14-10-13(2,3)6-8-15-4/h11-12,14H,5-10H2,1-4H3. The van der Waals surface area contributed by atoms with Gasteiger partial charge in [0.2, 0.25) is 0 Å². The number of rotatable bonds is 7. The summed E-state index contributed by atoms with van der Waals surface area (Å²) in [5.41, 5.74) is 0.309. The fourth-order valence-electron chi connectivity index (χ4n) is 2.02. The molecule has 1 fully saturated rings. The van der Waals surface area contributed by atoms with E-state index in [0.29, 0.717) is 17.4 Å². The lowest BCUT2D eigenvalue weighted by Gasteiger charge is -2.28. The van der Waals surface area contributed by atoms with Crippen LogP contribution in [0.3, 0.4) is 0 Å². The van der Waals surface area contributed by atoms with Gasteiger partial charge in [0.15, 0.2) is 0 Å². The van der Waals surface area contributed by atoms with Gasteiger partial charge < -0.3 is 14.8 Å². The molecule has 16 heavy (non-hydrogen) atoms. The van der Waals surface area contributed by atoms with Crippen LogP contribution in [0.2, 0.25) is 0 Å². The predicted molar refractivity (Wildman–Crippen MR) is 66.7 cm³/mol. The van der Waals surface area contributed by atoms with Crippen LogP contribution < -0.4 is 5.32 Å². The zero-order chi connectivity index (χ0) is 12.0. The van der Waals surface area contributed by atoms with Crippen LogP contribution in [0.1, 0.15) is 33.6 Å². The lowest BCUT2D eigenvalue weighted by molar-refractivity contribution is 0.144. The number of hydrogen-bond donors (Lipinski definition) is 1. The molecule has 0 spiro atoms. The van der Waals surface area contributed by atoms with Crippen molar-refractivity contribution in [3.63, 3.8) is 0 Å². The van der Waals surface area contributed by atoms with Crippen molar-refractivity contribution in [1.29, 1.82) is 0 Å². The van der Waals surface area contributed by atoms with E-state index in [0.717, 1.165) is 32.8 Å². The monoisotopic (exact) mass is 229 g/mol. The van der Waals surface area contributed by atoms with Gasteiger partial charge >= 0.3 is 0 Å². The number of ether oxygens (including phenoxy) is 2. The van der Waals surface area contributed by atoms with Crippen molar-refractivity contribution in [3.8, 4) is 0 Å². The summed E-state index contributed by atoms with van der Waals surface area (Å²) in [7, 11) is 1.77. The SMILES string of the molecule is COCCC(C)(C)CNC(C)C1CCOC1. The van der Waals surface area contributed by atoms with E-state index in [-0.39, 0.29) is 0 Å². The Kier molecular flexibility index (Phi) is 5.73. The first-order valence-electron chi connectivity index (χ1n) is 6.35. The number of hydrogen-bond acceptors (Lipinski definition) is 3. The summed E-state index contributed by atoms with van der Waals surface area (Å²) < 4.78 is 10.6. The Hall–Kier alpha value is -0.120. The van der Waals surface area contributed by atoms with E-state index in [4.69, 9.17) is 9.47 Å². The van der Waals surface area contributed by atoms with Gasteiger partial charge in [-0.2, -0.15) is 0 Å². The number of nitrogens with one attached hydrogen (secondary N) is 1. The first-order valence-corrected chi connectivity index (χ1v) is 6.35. The molecule has 3 heteroatoms. The van der Waals surface area contributed by atoms with E-state index in [1.165, 1.54) is 6.42 Å². The molecule has 1 aliphatic heterocycles. The van der Waals surface area contributed by atoms with Crippen LogP contribution in [0.5, 0.6) is 0 Å². The van der Waals surface area contributed by atoms with Gasteiger partial charge in [0.1, 0.15) is 0 Å². The predicted octanol–water partition coefficient (Wildman–Crippen LogP) is 2.06. The topological polar surface area (TPSA) is 30.5 Å². The van der Waals surface area contributed by atoms with Crippen molar-refractivity contribution < 1.29 is 9.47 Å². The molecule has 2 atom stereocenters. The van der Waals surface area contributed by atoms with Crippen molar-refractivity contribution in [2.24, 2.45) is 11.3 Å². The summed E-state index contributed by atoms with van der Waals surface area (Å²) in [5.74, 6) is 0.693. The first-order chi connectivity index (χ1) is 7.55. The second kappa shape index (κ2) is 6.58. The zero-order valence-electron chi connectivity index (χ0n) is 11.2. The van der Waals surface area contributed by atoms with Crippen LogP contribution in [0, 0.1) is 11.3 Å². The van der Waals surface area contributed by atoms with Crippen molar-refractivity contribution in [1.82, 2.24) is 5.32 Å². The molecular weight excluding hydrogens is 202 g/mol. The molecule has 0 aromatic carbocycles. The van der Waals surface area contributed by atoms with Crippen molar-refractivity contribution in [2.75, 3.05) is 33.5 Å². The van der Waals surface area contributed by atoms with Crippen LogP contribution in [0.25, 0.3) is 0 Å². The van der Waals surface area contributed by atoms with Gasteiger partial charge in [-0.15, -0.1) is 0 Å². The van der Waals surface area contributed by atoms with Crippen molar-refractivity contribution >= 4 is 0 Å². The molecule has 0 saturated carbocycles. The minimum atomic E-state index is 0.309. The van der Waals surface area contributed by atoms with Gasteiger partial charge in [-0.25, -0.2) is 0 Å². The molecule has 0 aromatic rings. The Morgan fingerprint density at radius 2 is 2.25 bits per heavy atom. The van der Waals surface area contributed by atoms with Gasteiger partial charge in [0, 0.05) is 32.9 Å². The van der Waals surface area contributed by atoms with Crippen LogP contribution >= 0.6 is 0 Å². The minimum Gasteiger partial charge on any atom is -0.385 e. The molecular formula is C13H27NO2. The van der Waals surface area contributed by atoms with E-state index in [9.17, 15) is 0 Å². The average Bonchev–Trinajstić information content (AvgIpc) is 2.77. The minimum absolute atomic E-state index is 0.309. The third-order valence-corrected chi connectivity index (χ3v) is 3.56. The van der Waals surface area contributed by atoms with Gasteiger partial charge in [-0.3, -0.25) is 0 Å². The maximum absolute atomic E-state index is 5.42. The highest BCUT2D eigenvalue weighted by Gasteiger charge is 2.24. The normalized spacial score (nSPS) is 23.6. The lowest BCUT2D eigenvalue weighted by Crippen LogP contribution is -2.40. The van der Waals surface area contributed by atoms with E-state index in [1.807, 2.05) is 0 Å². The van der Waals surface area contributed by atoms with Gasteiger partial charge in [0.05, 0.1) is 6.61 Å². The van der Waals surface area contributed by atoms with Gasteiger partial charge in [0.25, 0.3) is 0 Å². The highest BCUT2D eigenvalue weighted by Crippen LogP contribution is 2.21. The Balaban J connectivity index is 2.21. The molecule has 2 unspecified atom stereocenters. The van der Waals surface area contributed by atoms with E-state index in [1.54, 1.807) is 7.11 Å². The molecule has 3 nitrogen and oxygen atoms in total. The summed E-state index contributed by atoms with van der Waals surface area (Å²) in [6, 6.07) is 0.560. The van der Waals surface area contributed by atoms with E-state index in [2.05, 4.69) is 26.1 Å². The molecule has 0 radical (unpaired) electrons. The Bertz CT molecular complexity index is 188. The molecule has 0 aliphatic carbocycles. The highest BCUT2D eigenvalue weighted by molar-refractivity contribution is 4.79. The second-order valence-corrected chi connectivity index (χ2v) is 5.70. The maximum atomic E-state index is 5.42. The van der Waals surface area contributed by atoms with Crippen molar-refractivity contribution in [2.45, 2.75) is 39.7 Å². The number of methoxy groups -OCH3 is 1. The van der Waals surface area contributed by atoms with Gasteiger partial charge in [-0.05, 0) is 31.1 Å². The fraction of sp³-hybridized carbons (Fsp3) is 1.00. The molecule has 96 valence electrons. The third-order valence-electron chi connectivity index (χ3n) is 3.56. The largest absolute Gasteiger partial charge is 0.385 e. The summed E-state index contributed by atoms with van der Waals surface area (Å²) >= 11 is 0. The van der Waals surface area contributed by atoms with E-state index < -0.39 is 0 Å². The molecule has 1 aliphatic rings. The van der Waals surface area contributed by atoms with Crippen LogP contribution in [-0.4, -0.2) is 39.5 Å². The van der Waals surface area contributed by atoms with Crippen LogP contribution in [0.15, 0.2) is 0 Å². The van der Waals surface area contributed by atoms with Crippen molar-refractivity contribution in [3.05, 3.63) is 0 Å². The Morgan fingerprint density at radius 1 is 1.50 bits per heavy atom. The molecule has 0 aromatic heterocycles. The summed E-state index contributed by atoms with van der Waals surface area (Å²) in [6.45, 7) is 10.6. The quantitative estimate of drug-likeness (QED) is 0.725. The first kappa shape index (κ1) is 13.9. The molecule has 1 N–H and O–H groups in total. The maximum Gasteiger partial charge on any atom is 0.0509 e. The fourth-order valence-corrected chi connectivity index (χ4v) is 2.02. The molecule has 0 amide bonds. The van der Waals surface area contributed by atoms with E-state index >= 15 is 0 Å². The lowest BCUT2D eigenvalue weighted by atomic mass is 9.88. The smallest absolute Gasteiger partial charge is 0.0509 e. The van der Waals surface area contributed by atoms with Gasteiger partial charge in [-0.1, -0.05) is 13.8 Å². The molecule has 1 heterocycles. The summed E-state index contributed by atoms with van der Waals surface area (Å²) in [6.07, 6.45) is 2.30. The molecule has 0 bridgehead atoms. The highest BCUT2D eigenvalue weighted by atomic mass is 16.5. The average molecular weight is 229 g/mol. The van der Waals surface area contributed by atoms with Crippen LogP contribution in [-0.2, 0) is 9.47 Å². The second-order valence-electron chi connectivity index (χ2n) is 5.70. The summed E-state index contributed by atoms with van der Waals surface area (Å²) in [4.78, 5) is 0. The molecule has 1 rings (SSSR count). The summed E-state index contributed by atoms with van der Waals surface area (Å²) in [5, 5.41) is 3.64. The third kappa shape index (κ3) is 4.81. The van der Waals surface area contributed by atoms with Crippen LogP contribution in [0.4, 0.5) is 0 Å². The zero-order valence-corrected chi connectivity index (χ0v) is 11.2. The Labute approximate surface area is 99.9 Å². The Morgan fingerprint density at radius 3 is 2.81 bits per heavy atom. The molecule has 1 saturated heterocycles.